The van der Waals surface area contributed by atoms with Gasteiger partial charge in [0.2, 0.25) is 0 Å². The smallest absolute Gasteiger partial charge is 0.269 e. The van der Waals surface area contributed by atoms with Crippen molar-refractivity contribution in [2.45, 2.75) is 11.8 Å². The van der Waals surface area contributed by atoms with Gasteiger partial charge in [0.05, 0.1) is 42.5 Å². The number of hydrogen-bond donors (Lipinski definition) is 1. The molecule has 3 aromatic carbocycles. The maximum absolute atomic E-state index is 13.8. The van der Waals surface area contributed by atoms with E-state index in [9.17, 15) is 23.3 Å². The zero-order valence-electron chi connectivity index (χ0n) is 23.4. The molecule has 4 rings (SSSR count). The molecule has 1 heterocycles. The number of amides is 1. The highest BCUT2D eigenvalue weighted by Gasteiger charge is 2.28. The third-order valence-corrected chi connectivity index (χ3v) is 7.81. The summed E-state index contributed by atoms with van der Waals surface area (Å²) >= 11 is 0. The first-order valence-electron chi connectivity index (χ1n) is 12.8. The highest BCUT2D eigenvalue weighted by atomic mass is 32.2. The Morgan fingerprint density at radius 2 is 1.70 bits per heavy atom. The largest absolute Gasteiger partial charge is 0.494 e. The summed E-state index contributed by atoms with van der Waals surface area (Å²) in [6.07, 6.45) is 1.25. The van der Waals surface area contributed by atoms with E-state index in [4.69, 9.17) is 18.6 Å². The van der Waals surface area contributed by atoms with Gasteiger partial charge in [-0.3, -0.25) is 19.2 Å². The molecule has 0 spiro atoms. The van der Waals surface area contributed by atoms with E-state index in [1.54, 1.807) is 36.4 Å². The second-order valence-electron chi connectivity index (χ2n) is 8.75. The molecular formula is C29H28N4O9S. The maximum atomic E-state index is 13.8. The van der Waals surface area contributed by atoms with Gasteiger partial charge in [0, 0.05) is 23.8 Å². The van der Waals surface area contributed by atoms with Crippen LogP contribution in [0.4, 0.5) is 11.4 Å². The van der Waals surface area contributed by atoms with Crippen LogP contribution < -0.4 is 23.9 Å². The van der Waals surface area contributed by atoms with Crippen molar-refractivity contribution in [1.29, 1.82) is 0 Å². The Kier molecular flexibility index (Phi) is 9.62. The van der Waals surface area contributed by atoms with Crippen LogP contribution in [-0.4, -0.2) is 52.8 Å². The van der Waals surface area contributed by atoms with E-state index in [-0.39, 0.29) is 27.8 Å². The molecule has 0 atom stereocenters. The Bertz CT molecular complexity index is 1720. The number of furan rings is 1. The first-order chi connectivity index (χ1) is 20.7. The van der Waals surface area contributed by atoms with Crippen molar-refractivity contribution in [2.24, 2.45) is 5.10 Å². The minimum Gasteiger partial charge on any atom is -0.494 e. The average Bonchev–Trinajstić information content (AvgIpc) is 3.49. The fourth-order valence-corrected chi connectivity index (χ4v) is 5.39. The lowest BCUT2D eigenvalue weighted by molar-refractivity contribution is -0.384. The Morgan fingerprint density at radius 1 is 1.00 bits per heavy atom. The van der Waals surface area contributed by atoms with Crippen LogP contribution in [0, 0.1) is 10.1 Å². The van der Waals surface area contributed by atoms with E-state index in [0.29, 0.717) is 29.4 Å². The van der Waals surface area contributed by atoms with Gasteiger partial charge >= 0.3 is 0 Å². The number of carbonyl (C=O) groups excluding carboxylic acids is 1. The van der Waals surface area contributed by atoms with Crippen molar-refractivity contribution < 1.29 is 36.8 Å². The highest BCUT2D eigenvalue weighted by Crippen LogP contribution is 2.32. The lowest BCUT2D eigenvalue weighted by Gasteiger charge is -2.24. The monoisotopic (exact) mass is 608 g/mol. The quantitative estimate of drug-likeness (QED) is 0.130. The van der Waals surface area contributed by atoms with E-state index in [1.807, 2.05) is 6.92 Å². The second kappa shape index (κ2) is 13.5. The van der Waals surface area contributed by atoms with E-state index in [1.165, 1.54) is 62.9 Å². The third kappa shape index (κ3) is 7.29. The Hall–Kier alpha value is -5.37. The topological polar surface area (TPSA) is 163 Å². The number of anilines is 1. The van der Waals surface area contributed by atoms with E-state index in [2.05, 4.69) is 10.5 Å². The molecule has 0 aliphatic heterocycles. The molecule has 1 aromatic heterocycles. The molecule has 0 radical (unpaired) electrons. The molecular weight excluding hydrogens is 580 g/mol. The number of rotatable bonds is 13. The minimum atomic E-state index is -4.26. The number of nitrogens with zero attached hydrogens (tertiary/aromatic N) is 3. The van der Waals surface area contributed by atoms with Crippen molar-refractivity contribution in [2.75, 3.05) is 31.7 Å². The molecule has 0 unspecified atom stereocenters. The van der Waals surface area contributed by atoms with Crippen molar-refractivity contribution in [3.63, 3.8) is 0 Å². The van der Waals surface area contributed by atoms with Gasteiger partial charge in [-0.2, -0.15) is 5.10 Å². The number of ether oxygens (including phenoxy) is 3. The van der Waals surface area contributed by atoms with Crippen LogP contribution in [0.2, 0.25) is 0 Å². The van der Waals surface area contributed by atoms with E-state index >= 15 is 0 Å². The molecule has 0 aliphatic carbocycles. The van der Waals surface area contributed by atoms with Gasteiger partial charge in [-0.1, -0.05) is 0 Å². The standard InChI is InChI=1S/C29H28N4O9S/c1-4-41-23-11-9-21(10-12-23)32(43(37,38)25-14-16-27(39-2)28(17-25)40-3)19-29(34)31-30-18-24-13-15-26(42-24)20-5-7-22(8-6-20)33(35)36/h5-18H,4,19H2,1-3H3,(H,31,34)/b30-18-. The summed E-state index contributed by atoms with van der Waals surface area (Å²) in [5.41, 5.74) is 3.10. The zero-order chi connectivity index (χ0) is 31.0. The van der Waals surface area contributed by atoms with Gasteiger partial charge < -0.3 is 18.6 Å². The van der Waals surface area contributed by atoms with Crippen LogP contribution in [0.15, 0.2) is 93.3 Å². The molecule has 14 heteroatoms. The molecule has 13 nitrogen and oxygen atoms in total. The summed E-state index contributed by atoms with van der Waals surface area (Å²) in [5, 5.41) is 14.8. The molecule has 0 saturated heterocycles. The SMILES string of the molecule is CCOc1ccc(N(CC(=O)N/N=C\c2ccc(-c3ccc([N+](=O)[O-])cc3)o2)S(=O)(=O)c2ccc(OC)c(OC)c2)cc1. The molecule has 1 amide bonds. The molecule has 43 heavy (non-hydrogen) atoms. The molecule has 4 aromatic rings. The van der Waals surface area contributed by atoms with Crippen LogP contribution in [0.3, 0.4) is 0 Å². The fourth-order valence-electron chi connectivity index (χ4n) is 3.95. The number of non-ortho nitro benzene ring substituents is 1. The number of sulfonamides is 1. The summed E-state index contributed by atoms with van der Waals surface area (Å²) in [7, 11) is -1.44. The first kappa shape index (κ1) is 30.6. The number of nitro benzene ring substituents is 1. The van der Waals surface area contributed by atoms with Crippen molar-refractivity contribution >= 4 is 33.5 Å². The lowest BCUT2D eigenvalue weighted by atomic mass is 10.1. The second-order valence-corrected chi connectivity index (χ2v) is 10.6. The number of hydrogen-bond acceptors (Lipinski definition) is 10. The predicted octanol–water partition coefficient (Wildman–Crippen LogP) is 4.62. The summed E-state index contributed by atoms with van der Waals surface area (Å²) < 4.78 is 50.1. The normalized spacial score (nSPS) is 11.2. The van der Waals surface area contributed by atoms with Crippen LogP contribution in [-0.2, 0) is 14.8 Å². The van der Waals surface area contributed by atoms with Gasteiger partial charge in [-0.05, 0) is 67.6 Å². The van der Waals surface area contributed by atoms with Crippen LogP contribution in [0.5, 0.6) is 17.2 Å². The van der Waals surface area contributed by atoms with Crippen LogP contribution in [0.25, 0.3) is 11.3 Å². The summed E-state index contributed by atoms with van der Waals surface area (Å²) in [6.45, 7) is 1.65. The number of benzene rings is 3. The molecule has 0 fully saturated rings. The third-order valence-electron chi connectivity index (χ3n) is 6.04. The molecule has 0 aliphatic rings. The molecule has 224 valence electrons. The number of nitro groups is 1. The number of hydrazone groups is 1. The summed E-state index contributed by atoms with van der Waals surface area (Å²) in [6, 6.07) is 19.5. The van der Waals surface area contributed by atoms with E-state index < -0.39 is 27.4 Å². The maximum Gasteiger partial charge on any atom is 0.269 e. The zero-order valence-corrected chi connectivity index (χ0v) is 24.2. The van der Waals surface area contributed by atoms with Crippen LogP contribution >= 0.6 is 0 Å². The Morgan fingerprint density at radius 3 is 2.33 bits per heavy atom. The van der Waals surface area contributed by atoms with E-state index in [0.717, 1.165) is 4.31 Å². The Balaban J connectivity index is 1.53. The first-order valence-corrected chi connectivity index (χ1v) is 14.2. The van der Waals surface area contributed by atoms with Gasteiger partial charge in [-0.25, -0.2) is 13.8 Å². The van der Waals surface area contributed by atoms with Gasteiger partial charge in [0.1, 0.15) is 23.8 Å². The van der Waals surface area contributed by atoms with Crippen molar-refractivity contribution in [3.05, 3.63) is 94.7 Å². The summed E-state index contributed by atoms with van der Waals surface area (Å²) in [4.78, 5) is 23.2. The predicted molar refractivity (Wildman–Crippen MR) is 158 cm³/mol. The van der Waals surface area contributed by atoms with Gasteiger partial charge in [0.25, 0.3) is 21.6 Å². The highest BCUT2D eigenvalue weighted by molar-refractivity contribution is 7.92. The lowest BCUT2D eigenvalue weighted by Crippen LogP contribution is -2.39. The van der Waals surface area contributed by atoms with Crippen molar-refractivity contribution in [1.82, 2.24) is 5.43 Å². The number of methoxy groups -OCH3 is 2. The van der Waals surface area contributed by atoms with Crippen molar-refractivity contribution in [3.8, 4) is 28.6 Å². The molecule has 1 N–H and O–H groups in total. The van der Waals surface area contributed by atoms with Gasteiger partial charge in [-0.15, -0.1) is 0 Å². The summed E-state index contributed by atoms with van der Waals surface area (Å²) in [5.74, 6) is 1.08. The average molecular weight is 609 g/mol. The fraction of sp³-hybridized carbons (Fsp3) is 0.172. The van der Waals surface area contributed by atoms with Crippen LogP contribution in [0.1, 0.15) is 12.7 Å². The number of nitrogens with one attached hydrogen (secondary N) is 1. The number of carbonyl (C=O) groups is 1. The molecule has 0 saturated carbocycles. The van der Waals surface area contributed by atoms with Gasteiger partial charge in [0.15, 0.2) is 11.5 Å². The molecule has 0 bridgehead atoms. The Labute approximate surface area is 247 Å². The minimum absolute atomic E-state index is 0.0489.